The van der Waals surface area contributed by atoms with Gasteiger partial charge in [-0.15, -0.1) is 0 Å². The summed E-state index contributed by atoms with van der Waals surface area (Å²) in [5.74, 6) is 1.81. The van der Waals surface area contributed by atoms with Gasteiger partial charge >= 0.3 is 0 Å². The van der Waals surface area contributed by atoms with Crippen molar-refractivity contribution in [1.82, 2.24) is 4.90 Å². The molecule has 0 aliphatic heterocycles. The average molecular weight is 238 g/mol. The minimum atomic E-state index is 0.539. The average Bonchev–Trinajstić information content (AvgIpc) is 3.04. The van der Waals surface area contributed by atoms with Crippen LogP contribution in [0.2, 0.25) is 0 Å². The fourth-order valence-electron chi connectivity index (χ4n) is 1.72. The molecule has 0 atom stereocenters. The number of hydrogen-bond acceptors (Lipinski definition) is 4. The first-order chi connectivity index (χ1) is 8.28. The van der Waals surface area contributed by atoms with Crippen molar-refractivity contribution in [2.45, 2.75) is 25.9 Å². The van der Waals surface area contributed by atoms with Crippen LogP contribution in [0.25, 0.3) is 0 Å². The summed E-state index contributed by atoms with van der Waals surface area (Å²) >= 11 is 0. The quantitative estimate of drug-likeness (QED) is 0.699. The standard InChI is InChI=1S/C13H22N2O2/c1-15(4-5-16-9-11-2-3-11)8-13-6-12(7-14)10-17-13/h6,10-11H,2-5,7-9,14H2,1H3. The molecule has 2 rings (SSSR count). The number of furan rings is 1. The predicted molar refractivity (Wildman–Crippen MR) is 66.5 cm³/mol. The van der Waals surface area contributed by atoms with Crippen LogP contribution in [0.1, 0.15) is 24.2 Å². The van der Waals surface area contributed by atoms with Crippen LogP contribution in [-0.2, 0) is 17.8 Å². The maximum Gasteiger partial charge on any atom is 0.118 e. The van der Waals surface area contributed by atoms with Crippen LogP contribution in [0.3, 0.4) is 0 Å². The Balaban J connectivity index is 1.60. The molecule has 0 bridgehead atoms. The van der Waals surface area contributed by atoms with E-state index in [0.29, 0.717) is 6.54 Å². The molecule has 4 heteroatoms. The zero-order valence-corrected chi connectivity index (χ0v) is 10.5. The van der Waals surface area contributed by atoms with Crippen molar-refractivity contribution < 1.29 is 9.15 Å². The van der Waals surface area contributed by atoms with E-state index in [2.05, 4.69) is 11.9 Å². The molecular formula is C13H22N2O2. The first-order valence-electron chi connectivity index (χ1n) is 6.30. The normalized spacial score (nSPS) is 15.7. The van der Waals surface area contributed by atoms with Gasteiger partial charge in [0.05, 0.1) is 19.4 Å². The van der Waals surface area contributed by atoms with Gasteiger partial charge in [0.1, 0.15) is 5.76 Å². The van der Waals surface area contributed by atoms with Gasteiger partial charge in [-0.3, -0.25) is 4.90 Å². The lowest BCUT2D eigenvalue weighted by molar-refractivity contribution is 0.1000. The van der Waals surface area contributed by atoms with Crippen LogP contribution in [0.5, 0.6) is 0 Å². The summed E-state index contributed by atoms with van der Waals surface area (Å²) in [6.45, 7) is 4.03. The second-order valence-corrected chi connectivity index (χ2v) is 4.88. The smallest absolute Gasteiger partial charge is 0.118 e. The first-order valence-corrected chi connectivity index (χ1v) is 6.30. The Morgan fingerprint density at radius 3 is 3.00 bits per heavy atom. The Hall–Kier alpha value is -0.840. The minimum Gasteiger partial charge on any atom is -0.468 e. The summed E-state index contributed by atoms with van der Waals surface area (Å²) in [4.78, 5) is 2.20. The van der Waals surface area contributed by atoms with Gasteiger partial charge in [0.15, 0.2) is 0 Å². The zero-order valence-electron chi connectivity index (χ0n) is 10.5. The van der Waals surface area contributed by atoms with Gasteiger partial charge in [-0.25, -0.2) is 0 Å². The fourth-order valence-corrected chi connectivity index (χ4v) is 1.72. The maximum absolute atomic E-state index is 5.60. The number of hydrogen-bond donors (Lipinski definition) is 1. The molecule has 0 radical (unpaired) electrons. The monoisotopic (exact) mass is 238 g/mol. The molecule has 4 nitrogen and oxygen atoms in total. The largest absolute Gasteiger partial charge is 0.468 e. The number of nitrogens with two attached hydrogens (primary N) is 1. The van der Waals surface area contributed by atoms with E-state index in [0.717, 1.165) is 43.5 Å². The molecule has 96 valence electrons. The van der Waals surface area contributed by atoms with Crippen LogP contribution in [0, 0.1) is 5.92 Å². The van der Waals surface area contributed by atoms with Crippen LogP contribution >= 0.6 is 0 Å². The van der Waals surface area contributed by atoms with Crippen molar-refractivity contribution in [2.24, 2.45) is 11.7 Å². The second kappa shape index (κ2) is 6.19. The minimum absolute atomic E-state index is 0.539. The van der Waals surface area contributed by atoms with E-state index in [-0.39, 0.29) is 0 Å². The SMILES string of the molecule is CN(CCOCC1CC1)Cc1cc(CN)co1. The lowest BCUT2D eigenvalue weighted by atomic mass is 10.3. The van der Waals surface area contributed by atoms with Crippen LogP contribution in [0.4, 0.5) is 0 Å². The Morgan fingerprint density at radius 2 is 2.35 bits per heavy atom. The molecule has 1 aliphatic carbocycles. The lowest BCUT2D eigenvalue weighted by Crippen LogP contribution is -2.22. The third kappa shape index (κ3) is 4.50. The zero-order chi connectivity index (χ0) is 12.1. The van der Waals surface area contributed by atoms with Crippen molar-refractivity contribution in [3.05, 3.63) is 23.7 Å². The molecule has 1 aliphatic rings. The molecule has 17 heavy (non-hydrogen) atoms. The van der Waals surface area contributed by atoms with E-state index in [1.807, 2.05) is 6.07 Å². The highest BCUT2D eigenvalue weighted by Gasteiger charge is 2.20. The van der Waals surface area contributed by atoms with Crippen molar-refractivity contribution in [3.8, 4) is 0 Å². The third-order valence-corrected chi connectivity index (χ3v) is 3.04. The van der Waals surface area contributed by atoms with Gasteiger partial charge in [0, 0.05) is 25.3 Å². The molecule has 0 spiro atoms. The van der Waals surface area contributed by atoms with Crippen molar-refractivity contribution in [3.63, 3.8) is 0 Å². The van der Waals surface area contributed by atoms with E-state index in [1.165, 1.54) is 12.8 Å². The summed E-state index contributed by atoms with van der Waals surface area (Å²) < 4.78 is 11.0. The molecule has 1 aromatic heterocycles. The van der Waals surface area contributed by atoms with E-state index < -0.39 is 0 Å². The number of likely N-dealkylation sites (N-methyl/N-ethyl adjacent to an activating group) is 1. The Kier molecular flexibility index (Phi) is 4.59. The number of nitrogens with zero attached hydrogens (tertiary/aromatic N) is 1. The van der Waals surface area contributed by atoms with Crippen molar-refractivity contribution >= 4 is 0 Å². The summed E-state index contributed by atoms with van der Waals surface area (Å²) in [5.41, 5.74) is 6.59. The highest BCUT2D eigenvalue weighted by Crippen LogP contribution is 2.28. The molecule has 1 heterocycles. The number of ether oxygens (including phenoxy) is 1. The van der Waals surface area contributed by atoms with Crippen LogP contribution < -0.4 is 5.73 Å². The molecule has 1 fully saturated rings. The maximum atomic E-state index is 5.60. The molecule has 1 aromatic rings. The van der Waals surface area contributed by atoms with Gasteiger partial charge in [-0.05, 0) is 31.9 Å². The molecule has 2 N–H and O–H groups in total. The summed E-state index contributed by atoms with van der Waals surface area (Å²) in [6.07, 6.45) is 4.43. The van der Waals surface area contributed by atoms with E-state index >= 15 is 0 Å². The van der Waals surface area contributed by atoms with Crippen molar-refractivity contribution in [2.75, 3.05) is 26.8 Å². The highest BCUT2D eigenvalue weighted by molar-refractivity contribution is 5.12. The summed E-state index contributed by atoms with van der Waals surface area (Å²) in [5, 5.41) is 0. The second-order valence-electron chi connectivity index (χ2n) is 4.88. The van der Waals surface area contributed by atoms with Crippen molar-refractivity contribution in [1.29, 1.82) is 0 Å². The van der Waals surface area contributed by atoms with E-state index in [4.69, 9.17) is 14.9 Å². The van der Waals surface area contributed by atoms with Gasteiger partial charge in [0.2, 0.25) is 0 Å². The molecular weight excluding hydrogens is 216 g/mol. The van der Waals surface area contributed by atoms with Gasteiger partial charge in [-0.2, -0.15) is 0 Å². The van der Waals surface area contributed by atoms with Gasteiger partial charge in [0.25, 0.3) is 0 Å². The molecule has 0 saturated heterocycles. The topological polar surface area (TPSA) is 51.6 Å². The highest BCUT2D eigenvalue weighted by atomic mass is 16.5. The molecule has 0 amide bonds. The van der Waals surface area contributed by atoms with E-state index in [9.17, 15) is 0 Å². The summed E-state index contributed by atoms with van der Waals surface area (Å²) in [7, 11) is 2.07. The van der Waals surface area contributed by atoms with Crippen LogP contribution in [0.15, 0.2) is 16.7 Å². The predicted octanol–water partition coefficient (Wildman–Crippen LogP) is 1.60. The fraction of sp³-hybridized carbons (Fsp3) is 0.692. The first kappa shape index (κ1) is 12.6. The van der Waals surface area contributed by atoms with Gasteiger partial charge < -0.3 is 14.9 Å². The number of rotatable bonds is 8. The lowest BCUT2D eigenvalue weighted by Gasteiger charge is -2.14. The molecule has 0 aromatic carbocycles. The Morgan fingerprint density at radius 1 is 1.53 bits per heavy atom. The molecule has 0 unspecified atom stereocenters. The molecule has 1 saturated carbocycles. The Labute approximate surface area is 103 Å². The van der Waals surface area contributed by atoms with Crippen LogP contribution in [-0.4, -0.2) is 31.7 Å². The summed E-state index contributed by atoms with van der Waals surface area (Å²) in [6, 6.07) is 2.02. The Bertz CT molecular complexity index is 334. The third-order valence-electron chi connectivity index (χ3n) is 3.04. The van der Waals surface area contributed by atoms with Gasteiger partial charge in [-0.1, -0.05) is 0 Å². The van der Waals surface area contributed by atoms with E-state index in [1.54, 1.807) is 6.26 Å².